The van der Waals surface area contributed by atoms with E-state index in [1.807, 2.05) is 27.7 Å². The van der Waals surface area contributed by atoms with Gasteiger partial charge in [0.25, 0.3) is 0 Å². The molecule has 0 radical (unpaired) electrons. The molecular formula is C31H45N3O6. The smallest absolute Gasteiger partial charge is 0.246 e. The van der Waals surface area contributed by atoms with Crippen molar-refractivity contribution in [2.75, 3.05) is 18.5 Å². The molecule has 5 rings (SSSR count). The van der Waals surface area contributed by atoms with Crippen LogP contribution in [0.15, 0.2) is 24.3 Å². The van der Waals surface area contributed by atoms with Gasteiger partial charge in [0.15, 0.2) is 0 Å². The highest BCUT2D eigenvalue weighted by atomic mass is 16.5. The normalized spacial score (nSPS) is 33.0. The molecule has 3 amide bonds. The maximum Gasteiger partial charge on any atom is 0.246 e. The highest BCUT2D eigenvalue weighted by Gasteiger charge is 2.78. The molecule has 220 valence electrons. The van der Waals surface area contributed by atoms with Crippen LogP contribution in [0.5, 0.6) is 5.75 Å². The molecule has 1 saturated carbocycles. The molecule has 0 aromatic heterocycles. The van der Waals surface area contributed by atoms with Gasteiger partial charge in [0.05, 0.1) is 36.7 Å². The Morgan fingerprint density at radius 1 is 1.12 bits per heavy atom. The van der Waals surface area contributed by atoms with E-state index in [0.29, 0.717) is 30.9 Å². The Bertz CT molecular complexity index is 1100. The Balaban J connectivity index is 1.48. The second kappa shape index (κ2) is 11.3. The fourth-order valence-electron chi connectivity index (χ4n) is 7.78. The summed E-state index contributed by atoms with van der Waals surface area (Å²) in [6.45, 7) is 8.11. The van der Waals surface area contributed by atoms with Crippen molar-refractivity contribution in [2.24, 2.45) is 17.8 Å². The second-order valence-electron chi connectivity index (χ2n) is 12.4. The maximum absolute atomic E-state index is 14.4. The number of aliphatic hydroxyl groups is 1. The number of likely N-dealkylation sites (tertiary alicyclic amines) is 1. The van der Waals surface area contributed by atoms with Gasteiger partial charge in [0, 0.05) is 11.7 Å². The van der Waals surface area contributed by atoms with Gasteiger partial charge >= 0.3 is 0 Å². The number of hydrogen-bond acceptors (Lipinski definition) is 6. The summed E-state index contributed by atoms with van der Waals surface area (Å²) in [5.74, 6) is -1.65. The number of anilines is 1. The van der Waals surface area contributed by atoms with Gasteiger partial charge in [-0.1, -0.05) is 39.5 Å². The minimum absolute atomic E-state index is 0.0296. The summed E-state index contributed by atoms with van der Waals surface area (Å²) >= 11 is 0. The molecule has 3 saturated heterocycles. The summed E-state index contributed by atoms with van der Waals surface area (Å²) in [6.07, 6.45) is 6.98. The van der Waals surface area contributed by atoms with E-state index in [1.165, 1.54) is 6.42 Å². The van der Waals surface area contributed by atoms with E-state index in [2.05, 4.69) is 10.6 Å². The topological polar surface area (TPSA) is 117 Å². The monoisotopic (exact) mass is 555 g/mol. The molecule has 9 nitrogen and oxygen atoms in total. The number of fused-ring (bicyclic) bond motifs is 1. The van der Waals surface area contributed by atoms with Gasteiger partial charge in [0.1, 0.15) is 17.4 Å². The number of nitrogens with zero attached hydrogens (tertiary/aromatic N) is 1. The van der Waals surface area contributed by atoms with Crippen LogP contribution in [0.1, 0.15) is 79.1 Å². The van der Waals surface area contributed by atoms with E-state index in [0.717, 1.165) is 32.1 Å². The van der Waals surface area contributed by atoms with Crippen molar-refractivity contribution in [1.29, 1.82) is 0 Å². The molecular weight excluding hydrogens is 510 g/mol. The third-order valence-corrected chi connectivity index (χ3v) is 9.97. The predicted molar refractivity (Wildman–Crippen MR) is 151 cm³/mol. The zero-order valence-electron chi connectivity index (χ0n) is 24.3. The molecule has 3 aliphatic heterocycles. The van der Waals surface area contributed by atoms with E-state index in [9.17, 15) is 19.5 Å². The minimum atomic E-state index is -1.10. The Kier molecular flexibility index (Phi) is 8.17. The first kappa shape index (κ1) is 28.9. The van der Waals surface area contributed by atoms with Gasteiger partial charge in [0.2, 0.25) is 17.7 Å². The Morgan fingerprint density at radius 2 is 1.82 bits per heavy atom. The third-order valence-electron chi connectivity index (χ3n) is 9.97. The van der Waals surface area contributed by atoms with Crippen molar-refractivity contribution >= 4 is 23.4 Å². The maximum atomic E-state index is 14.4. The molecule has 3 N–H and O–H groups in total. The van der Waals surface area contributed by atoms with Crippen LogP contribution in [0.2, 0.25) is 0 Å². The number of carbonyl (C=O) groups is 3. The number of ether oxygens (including phenoxy) is 2. The molecule has 9 heteroatoms. The molecule has 1 aromatic carbocycles. The van der Waals surface area contributed by atoms with Crippen LogP contribution in [0, 0.1) is 17.8 Å². The Hall–Kier alpha value is -2.65. The number of rotatable bonds is 10. The average molecular weight is 556 g/mol. The van der Waals surface area contributed by atoms with Gasteiger partial charge in [-0.15, -0.1) is 0 Å². The van der Waals surface area contributed by atoms with E-state index in [1.54, 1.807) is 29.2 Å². The summed E-state index contributed by atoms with van der Waals surface area (Å²) in [7, 11) is 0. The van der Waals surface area contributed by atoms with Crippen LogP contribution in [-0.2, 0) is 19.1 Å². The van der Waals surface area contributed by atoms with Crippen LogP contribution >= 0.6 is 0 Å². The van der Waals surface area contributed by atoms with Crippen LogP contribution < -0.4 is 15.4 Å². The Labute approximate surface area is 237 Å². The zero-order chi connectivity index (χ0) is 28.7. The summed E-state index contributed by atoms with van der Waals surface area (Å²) in [4.78, 5) is 44.0. The molecule has 2 bridgehead atoms. The third kappa shape index (κ3) is 4.79. The number of hydrogen-bond donors (Lipinski definition) is 3. The first-order chi connectivity index (χ1) is 19.2. The minimum Gasteiger partial charge on any atom is -0.494 e. The molecule has 2 unspecified atom stereocenters. The van der Waals surface area contributed by atoms with E-state index < -0.39 is 35.1 Å². The van der Waals surface area contributed by atoms with Crippen LogP contribution in [0.4, 0.5) is 5.69 Å². The molecule has 7 atom stereocenters. The fraction of sp³-hybridized carbons (Fsp3) is 0.710. The van der Waals surface area contributed by atoms with Crippen molar-refractivity contribution in [3.8, 4) is 5.75 Å². The first-order valence-electron chi connectivity index (χ1n) is 15.2. The highest BCUT2D eigenvalue weighted by molar-refractivity contribution is 6.02. The predicted octanol–water partition coefficient (Wildman–Crippen LogP) is 3.64. The van der Waals surface area contributed by atoms with Crippen LogP contribution in [0.3, 0.4) is 0 Å². The second-order valence-corrected chi connectivity index (χ2v) is 12.4. The van der Waals surface area contributed by atoms with Crippen molar-refractivity contribution < 1.29 is 29.0 Å². The molecule has 40 heavy (non-hydrogen) atoms. The molecule has 1 spiro atoms. The van der Waals surface area contributed by atoms with Gasteiger partial charge in [-0.3, -0.25) is 14.4 Å². The average Bonchev–Trinajstić information content (AvgIpc) is 3.51. The lowest BCUT2D eigenvalue weighted by atomic mass is 9.66. The van der Waals surface area contributed by atoms with Gasteiger partial charge in [-0.05, 0) is 69.7 Å². The molecule has 4 fully saturated rings. The highest BCUT2D eigenvalue weighted by Crippen LogP contribution is 2.63. The van der Waals surface area contributed by atoms with Crippen molar-refractivity contribution in [1.82, 2.24) is 10.2 Å². The zero-order valence-corrected chi connectivity index (χ0v) is 24.3. The SMILES string of the molecule is CCOc1ccc(NC(=O)[C@@H]2[C@H]3C(=O)N([C@@H](CO)[C@@H](C)CC)C(C(=O)NC4CCCCC4)C34CC[C@@]2(C)O4)cc1. The number of benzene rings is 1. The number of nitrogens with one attached hydrogen (secondary N) is 2. The Morgan fingerprint density at radius 3 is 2.45 bits per heavy atom. The molecule has 1 aliphatic carbocycles. The lowest BCUT2D eigenvalue weighted by Gasteiger charge is -2.40. The summed E-state index contributed by atoms with van der Waals surface area (Å²) in [5.41, 5.74) is -1.36. The summed E-state index contributed by atoms with van der Waals surface area (Å²) < 4.78 is 12.3. The van der Waals surface area contributed by atoms with E-state index in [4.69, 9.17) is 9.47 Å². The van der Waals surface area contributed by atoms with Gasteiger partial charge < -0.3 is 30.1 Å². The van der Waals surface area contributed by atoms with Crippen molar-refractivity contribution in [3.63, 3.8) is 0 Å². The molecule has 3 heterocycles. The van der Waals surface area contributed by atoms with Crippen LogP contribution in [-0.4, -0.2) is 70.3 Å². The standard InChI is InChI=1S/C31H45N3O6/c1-5-19(3)23(18-35)34-26(28(37)33-20-10-8-7-9-11-20)31-17-16-30(4,40-31)24(25(31)29(34)38)27(36)32-21-12-14-22(15-13-21)39-6-2/h12-15,19-20,23-26,35H,5-11,16-18H2,1-4H3,(H,32,36)(H,33,37)/t19-,23-,24-,25-,26?,30+,31?/m0/s1. The molecule has 4 aliphatic rings. The number of amides is 3. The van der Waals surface area contributed by atoms with Crippen molar-refractivity contribution in [2.45, 2.75) is 108 Å². The lowest BCUT2D eigenvalue weighted by Crippen LogP contribution is -2.60. The lowest BCUT2D eigenvalue weighted by molar-refractivity contribution is -0.150. The molecule has 1 aromatic rings. The fourth-order valence-corrected chi connectivity index (χ4v) is 7.78. The van der Waals surface area contributed by atoms with E-state index in [-0.39, 0.29) is 36.3 Å². The first-order valence-corrected chi connectivity index (χ1v) is 15.2. The number of carbonyl (C=O) groups excluding carboxylic acids is 3. The van der Waals surface area contributed by atoms with Crippen LogP contribution in [0.25, 0.3) is 0 Å². The van der Waals surface area contributed by atoms with Gasteiger partial charge in [-0.25, -0.2) is 0 Å². The van der Waals surface area contributed by atoms with Crippen molar-refractivity contribution in [3.05, 3.63) is 24.3 Å². The van der Waals surface area contributed by atoms with Gasteiger partial charge in [-0.2, -0.15) is 0 Å². The summed E-state index contributed by atoms with van der Waals surface area (Å²) in [6, 6.07) is 5.80. The van der Waals surface area contributed by atoms with E-state index >= 15 is 0 Å². The number of aliphatic hydroxyl groups excluding tert-OH is 1. The summed E-state index contributed by atoms with van der Waals surface area (Å²) in [5, 5.41) is 16.7. The largest absolute Gasteiger partial charge is 0.494 e. The quantitative estimate of drug-likeness (QED) is 0.406.